The van der Waals surface area contributed by atoms with Crippen LogP contribution in [-0.4, -0.2) is 46.3 Å². The molecule has 0 aliphatic heterocycles. The van der Waals surface area contributed by atoms with Crippen LogP contribution in [0.4, 0.5) is 10.2 Å². The van der Waals surface area contributed by atoms with Crippen molar-refractivity contribution in [3.8, 4) is 0 Å². The van der Waals surface area contributed by atoms with Crippen molar-refractivity contribution in [2.24, 2.45) is 0 Å². The van der Waals surface area contributed by atoms with Gasteiger partial charge in [-0.05, 0) is 37.8 Å². The minimum atomic E-state index is -3.46. The molecule has 0 aliphatic rings. The summed E-state index contributed by atoms with van der Waals surface area (Å²) in [4.78, 5) is 16.5. The Hall–Kier alpha value is -2.94. The molecule has 0 radical (unpaired) electrons. The van der Waals surface area contributed by atoms with Crippen LogP contribution in [-0.2, 0) is 10.0 Å². The van der Waals surface area contributed by atoms with Crippen molar-refractivity contribution in [1.82, 2.24) is 10.3 Å². The van der Waals surface area contributed by atoms with Crippen molar-refractivity contribution in [2.75, 3.05) is 31.3 Å². The summed E-state index contributed by atoms with van der Waals surface area (Å²) in [6.45, 7) is 8.43. The number of carbonyl (C=O) groups is 1. The lowest BCUT2D eigenvalue weighted by Gasteiger charge is -2.21. The Bertz CT molecular complexity index is 1130. The smallest absolute Gasteiger partial charge is 0.255 e. The largest absolute Gasteiger partial charge is 0.445 e. The number of amides is 1. The molecule has 0 saturated heterocycles. The molecule has 1 amide bonds. The average Bonchev–Trinajstić information content (AvgIpc) is 3.22. The van der Waals surface area contributed by atoms with Gasteiger partial charge < -0.3 is 9.73 Å². The highest BCUT2D eigenvalue weighted by molar-refractivity contribution is 7.92. The summed E-state index contributed by atoms with van der Waals surface area (Å²) < 4.78 is 39.9. The van der Waals surface area contributed by atoms with Crippen molar-refractivity contribution in [3.05, 3.63) is 59.4 Å². The van der Waals surface area contributed by atoms with Crippen LogP contribution >= 0.6 is 0 Å². The second-order valence-electron chi connectivity index (χ2n) is 7.46. The number of nitrogens with one attached hydrogen (secondary N) is 1. The van der Waals surface area contributed by atoms with Crippen LogP contribution in [0.25, 0.3) is 11.1 Å². The van der Waals surface area contributed by atoms with Crippen molar-refractivity contribution in [3.63, 3.8) is 0 Å². The van der Waals surface area contributed by atoms with Gasteiger partial charge in [-0.25, -0.2) is 8.42 Å². The highest BCUT2D eigenvalue weighted by atomic mass is 32.2. The van der Waals surface area contributed by atoms with Crippen LogP contribution in [0.3, 0.4) is 0 Å². The molecule has 3 aromatic rings. The predicted molar refractivity (Wildman–Crippen MR) is 132 cm³/mol. The third kappa shape index (κ3) is 7.56. The number of hydrogen-bond acceptors (Lipinski definition) is 5. The summed E-state index contributed by atoms with van der Waals surface area (Å²) in [5, 5.41) is 3.32. The van der Waals surface area contributed by atoms with Gasteiger partial charge in [-0.2, -0.15) is 4.98 Å². The lowest BCUT2D eigenvalue weighted by Crippen LogP contribution is -2.27. The molecule has 3 rings (SSSR count). The number of furan rings is 1. The minimum Gasteiger partial charge on any atom is -0.445 e. The molecule has 0 fully saturated rings. The lowest BCUT2D eigenvalue weighted by atomic mass is 9.97. The van der Waals surface area contributed by atoms with Crippen molar-refractivity contribution in [2.45, 2.75) is 40.0 Å². The number of carbonyl (C=O) groups excluding carboxylic acids is 1. The summed E-state index contributed by atoms with van der Waals surface area (Å²) >= 11 is 0. The topological polar surface area (TPSA) is 92.5 Å². The highest BCUT2D eigenvalue weighted by Gasteiger charge is 2.24. The first kappa shape index (κ1) is 28.1. The zero-order chi connectivity index (χ0) is 25.2. The van der Waals surface area contributed by atoms with Gasteiger partial charge in [-0.1, -0.05) is 49.7 Å². The monoisotopic (exact) mass is 479 g/mol. The van der Waals surface area contributed by atoms with Gasteiger partial charge in [0.15, 0.2) is 0 Å². The number of hydrogen-bond donors (Lipinski definition) is 1. The van der Waals surface area contributed by atoms with Crippen molar-refractivity contribution in [1.29, 1.82) is 0 Å². The molecule has 1 aromatic carbocycles. The summed E-state index contributed by atoms with van der Waals surface area (Å²) in [7, 11) is -1.50. The number of alkyl halides is 1. The van der Waals surface area contributed by atoms with Crippen LogP contribution < -0.4 is 9.62 Å². The van der Waals surface area contributed by atoms with E-state index in [1.54, 1.807) is 0 Å². The summed E-state index contributed by atoms with van der Waals surface area (Å²) in [5.41, 5.74) is 2.73. The van der Waals surface area contributed by atoms with Crippen molar-refractivity contribution >= 4 is 32.8 Å². The first-order chi connectivity index (χ1) is 15.6. The molecule has 1 atom stereocenters. The van der Waals surface area contributed by atoms with Gasteiger partial charge >= 0.3 is 0 Å². The molecule has 0 spiro atoms. The number of halogens is 1. The number of nitrogens with zero attached hydrogens (tertiary/aromatic N) is 2. The van der Waals surface area contributed by atoms with Gasteiger partial charge in [-0.3, -0.25) is 13.5 Å². The van der Waals surface area contributed by atoms with Crippen LogP contribution in [0.2, 0.25) is 0 Å². The van der Waals surface area contributed by atoms with Gasteiger partial charge in [0.25, 0.3) is 5.91 Å². The van der Waals surface area contributed by atoms with Crippen LogP contribution in [0.1, 0.15) is 54.6 Å². The standard InChI is InChI=1S/C16H23N3O4S.C7H8.CH3F/c1-6-10(3)11-8-12-13(15(20)17-7-2)9-23-16(12)18-14(11)19(4)24(5,21)22;1-7-5-3-2-4-6-7;1-2/h8-10H,6-7H2,1-5H3,(H,17,20);2-6H,1H3;1H3. The number of benzene rings is 1. The fourth-order valence-corrected chi connectivity index (χ4v) is 3.38. The number of rotatable bonds is 6. The fourth-order valence-electron chi connectivity index (χ4n) is 2.92. The Labute approximate surface area is 196 Å². The first-order valence-electron chi connectivity index (χ1n) is 10.6. The van der Waals surface area contributed by atoms with Gasteiger partial charge in [0.05, 0.1) is 24.4 Å². The van der Waals surface area contributed by atoms with Gasteiger partial charge in [0.1, 0.15) is 12.1 Å². The molecule has 1 unspecified atom stereocenters. The maximum absolute atomic E-state index is 12.1. The summed E-state index contributed by atoms with van der Waals surface area (Å²) in [5.74, 6) is 0.173. The number of anilines is 1. The van der Waals surface area contributed by atoms with E-state index in [2.05, 4.69) is 29.4 Å². The molecule has 33 heavy (non-hydrogen) atoms. The molecule has 2 aromatic heterocycles. The molecular weight excluding hydrogens is 445 g/mol. The zero-order valence-corrected chi connectivity index (χ0v) is 21.2. The number of sulfonamides is 1. The maximum atomic E-state index is 12.1. The third-order valence-electron chi connectivity index (χ3n) is 5.04. The minimum absolute atomic E-state index is 0.0816. The molecule has 7 nitrogen and oxygen atoms in total. The Morgan fingerprint density at radius 3 is 2.27 bits per heavy atom. The van der Waals surface area contributed by atoms with E-state index in [0.29, 0.717) is 30.5 Å². The lowest BCUT2D eigenvalue weighted by molar-refractivity contribution is 0.0956. The molecule has 2 heterocycles. The summed E-state index contributed by atoms with van der Waals surface area (Å²) in [6, 6.07) is 12.1. The molecule has 0 aliphatic carbocycles. The predicted octanol–water partition coefficient (Wildman–Crippen LogP) is 5.07. The van der Waals surface area contributed by atoms with Crippen molar-refractivity contribution < 1.29 is 22.0 Å². The normalized spacial score (nSPS) is 11.5. The van der Waals surface area contributed by atoms with E-state index in [-0.39, 0.29) is 17.5 Å². The number of aryl methyl sites for hydroxylation is 1. The zero-order valence-electron chi connectivity index (χ0n) is 20.3. The van der Waals surface area contributed by atoms with E-state index in [9.17, 15) is 17.6 Å². The van der Waals surface area contributed by atoms with Gasteiger partial charge in [0, 0.05) is 13.6 Å². The summed E-state index contributed by atoms with van der Waals surface area (Å²) in [6.07, 6.45) is 3.29. The highest BCUT2D eigenvalue weighted by Crippen LogP contribution is 2.33. The number of aromatic nitrogens is 1. The third-order valence-corrected chi connectivity index (χ3v) is 6.20. The Morgan fingerprint density at radius 2 is 1.82 bits per heavy atom. The van der Waals surface area contributed by atoms with Crippen LogP contribution in [0.15, 0.2) is 47.1 Å². The SMILES string of the molecule is CCNC(=O)c1coc2nc(N(C)S(C)(=O)=O)c(C(C)CC)cc12.CF.Cc1ccccc1. The molecule has 9 heteroatoms. The first-order valence-corrected chi connectivity index (χ1v) is 12.5. The van der Waals surface area contributed by atoms with E-state index in [0.717, 1.165) is 22.5 Å². The average molecular weight is 480 g/mol. The van der Waals surface area contributed by atoms with Crippen LogP contribution in [0, 0.1) is 6.92 Å². The van der Waals surface area contributed by atoms with E-state index in [4.69, 9.17) is 4.42 Å². The molecule has 0 bridgehead atoms. The molecule has 0 saturated carbocycles. The number of pyridine rings is 1. The van der Waals surface area contributed by atoms with E-state index < -0.39 is 10.0 Å². The molecule has 182 valence electrons. The number of fused-ring (bicyclic) bond motifs is 1. The second-order valence-corrected chi connectivity index (χ2v) is 9.47. The Morgan fingerprint density at radius 1 is 1.21 bits per heavy atom. The van der Waals surface area contributed by atoms with Crippen LogP contribution in [0.5, 0.6) is 0 Å². The van der Waals surface area contributed by atoms with E-state index in [1.165, 1.54) is 18.9 Å². The van der Waals surface area contributed by atoms with Gasteiger partial charge in [0.2, 0.25) is 15.7 Å². The van der Waals surface area contributed by atoms with E-state index in [1.807, 2.05) is 45.0 Å². The maximum Gasteiger partial charge on any atom is 0.255 e. The second kappa shape index (κ2) is 12.9. The fraction of sp³-hybridized carbons (Fsp3) is 0.417. The Balaban J connectivity index is 0.000000508. The molecule has 1 N–H and O–H groups in total. The quantitative estimate of drug-likeness (QED) is 0.533. The van der Waals surface area contributed by atoms with E-state index >= 15 is 0 Å². The Kier molecular flexibility index (Phi) is 11.0. The molecular formula is C24H34FN3O4S. The van der Waals surface area contributed by atoms with Gasteiger partial charge in [-0.15, -0.1) is 0 Å².